The molecule has 0 heterocycles. The molecule has 1 aromatic carbocycles. The molecule has 4 nitrogen and oxygen atoms in total. The first kappa shape index (κ1) is 59.6. The Balaban J connectivity index is 3.25. The average molecular weight is 886 g/mol. The van der Waals surface area contributed by atoms with Crippen LogP contribution >= 0.6 is 0 Å². The quantitative estimate of drug-likeness (QED) is 0.0482. The lowest BCUT2D eigenvalue weighted by atomic mass is 10.1. The summed E-state index contributed by atoms with van der Waals surface area (Å²) in [7, 11) is 2.51. The van der Waals surface area contributed by atoms with Gasteiger partial charge in [0.1, 0.15) is 0 Å². The molecule has 0 amide bonds. The zero-order chi connectivity index (χ0) is 45.6. The molecule has 0 N–H and O–H groups in total. The fourth-order valence-electron chi connectivity index (χ4n) is 9.48. The van der Waals surface area contributed by atoms with Gasteiger partial charge in [-0.1, -0.05) is 259 Å². The van der Waals surface area contributed by atoms with Crippen molar-refractivity contribution in [3.8, 4) is 17.2 Å². The van der Waals surface area contributed by atoms with E-state index in [9.17, 15) is 0 Å². The predicted octanol–water partition coefficient (Wildman–Crippen LogP) is 20.2. The first-order chi connectivity index (χ1) is 31.1. The first-order valence-corrected chi connectivity index (χ1v) is 29.0. The van der Waals surface area contributed by atoms with Crippen molar-refractivity contribution in [3.05, 3.63) is 12.1 Å². The number of benzene rings is 1. The normalized spacial score (nSPS) is 11.8. The smallest absolute Gasteiger partial charge is 0.227 e. The lowest BCUT2D eigenvalue weighted by Gasteiger charge is -2.36. The van der Waals surface area contributed by atoms with Gasteiger partial charge in [0, 0.05) is 6.07 Å². The Bertz CT molecular complexity index is 1060. The maximum Gasteiger partial charge on any atom is 0.227 e. The van der Waals surface area contributed by atoms with Gasteiger partial charge in [-0.3, -0.25) is 4.48 Å². The summed E-state index contributed by atoms with van der Waals surface area (Å²) >= 11 is 0. The lowest BCUT2D eigenvalue weighted by Crippen LogP contribution is -2.47. The second kappa shape index (κ2) is 45.7. The van der Waals surface area contributed by atoms with E-state index in [0.29, 0.717) is 0 Å². The van der Waals surface area contributed by atoms with Crippen molar-refractivity contribution in [2.75, 3.05) is 40.0 Å². The second-order valence-corrected chi connectivity index (χ2v) is 20.2. The van der Waals surface area contributed by atoms with Gasteiger partial charge in [-0.15, -0.1) is 0 Å². The van der Waals surface area contributed by atoms with E-state index in [-0.39, 0.29) is 0 Å². The van der Waals surface area contributed by atoms with Gasteiger partial charge in [-0.25, -0.2) is 0 Å². The fourth-order valence-corrected chi connectivity index (χ4v) is 9.48. The van der Waals surface area contributed by atoms with Crippen LogP contribution in [0.2, 0.25) is 0 Å². The third-order valence-corrected chi connectivity index (χ3v) is 13.9. The highest BCUT2D eigenvalue weighted by molar-refractivity contribution is 5.67. The Kier molecular flexibility index (Phi) is 43.3. The van der Waals surface area contributed by atoms with Crippen molar-refractivity contribution in [2.24, 2.45) is 0 Å². The summed E-state index contributed by atoms with van der Waals surface area (Å²) in [5.74, 6) is 2.81. The molecule has 1 aromatic rings. The van der Waals surface area contributed by atoms with Crippen molar-refractivity contribution < 1.29 is 14.2 Å². The number of rotatable bonds is 51. The van der Waals surface area contributed by atoms with Crippen LogP contribution in [0.4, 0.5) is 5.69 Å². The van der Waals surface area contributed by atoms with E-state index >= 15 is 0 Å². The molecule has 0 saturated heterocycles. The molecule has 1 rings (SSSR count). The Morgan fingerprint density at radius 1 is 0.286 bits per heavy atom. The highest BCUT2D eigenvalue weighted by Gasteiger charge is 2.32. The summed E-state index contributed by atoms with van der Waals surface area (Å²) in [6.45, 7) is 16.1. The van der Waals surface area contributed by atoms with Crippen LogP contribution in [0.15, 0.2) is 12.1 Å². The number of hydrogen-bond acceptors (Lipinski definition) is 3. The molecule has 0 aromatic heterocycles. The number of nitrogens with zero attached hydrogens (tertiary/aromatic N) is 1. The topological polar surface area (TPSA) is 27.7 Å². The van der Waals surface area contributed by atoms with Crippen molar-refractivity contribution in [1.82, 2.24) is 4.48 Å². The third kappa shape index (κ3) is 33.7. The van der Waals surface area contributed by atoms with E-state index in [1.165, 1.54) is 256 Å². The minimum Gasteiger partial charge on any atom is -0.490 e. The van der Waals surface area contributed by atoms with Crippen molar-refractivity contribution in [3.63, 3.8) is 0 Å². The molecule has 0 aliphatic heterocycles. The van der Waals surface area contributed by atoms with Crippen LogP contribution in [0, 0.1) is 0 Å². The van der Waals surface area contributed by atoms with Gasteiger partial charge in [-0.2, -0.15) is 0 Å². The molecule has 4 heteroatoms. The molecule has 0 aliphatic carbocycles. The van der Waals surface area contributed by atoms with Crippen LogP contribution in [0.1, 0.15) is 304 Å². The Hall–Kier alpha value is -1.42. The van der Waals surface area contributed by atoms with E-state index in [1.54, 1.807) is 0 Å². The van der Waals surface area contributed by atoms with Gasteiger partial charge in [0.2, 0.25) is 11.5 Å². The zero-order valence-corrected chi connectivity index (χ0v) is 44.1. The van der Waals surface area contributed by atoms with Crippen LogP contribution in [0.3, 0.4) is 0 Å². The number of unbranched alkanes of at least 4 members (excludes halogenated alkanes) is 37. The van der Waals surface area contributed by atoms with E-state index < -0.39 is 0 Å². The third-order valence-electron chi connectivity index (χ3n) is 13.9. The van der Waals surface area contributed by atoms with Gasteiger partial charge >= 0.3 is 0 Å². The van der Waals surface area contributed by atoms with Crippen LogP contribution in [-0.2, 0) is 0 Å². The number of quaternary nitrogens is 1. The molecule has 0 atom stereocenters. The molecule has 0 radical (unpaired) electrons. The Morgan fingerprint density at radius 2 is 0.540 bits per heavy atom. The largest absolute Gasteiger partial charge is 0.490 e. The van der Waals surface area contributed by atoms with Crippen molar-refractivity contribution >= 4 is 5.69 Å². The summed E-state index contributed by atoms with van der Waals surface area (Å²) in [5, 5.41) is 0. The molecular formula is C59H114NO3+. The van der Waals surface area contributed by atoms with Crippen LogP contribution < -0.4 is 18.7 Å². The molecule has 372 valence electrons. The number of hydrogen-bond donors (Lipinski definition) is 0. The summed E-state index contributed by atoms with van der Waals surface area (Å²) in [5.41, 5.74) is 1.33. The van der Waals surface area contributed by atoms with Gasteiger partial charge in [-0.05, 0) is 51.0 Å². The molecule has 0 bridgehead atoms. The zero-order valence-electron chi connectivity index (χ0n) is 44.1. The van der Waals surface area contributed by atoms with Crippen LogP contribution in [0.5, 0.6) is 17.2 Å². The van der Waals surface area contributed by atoms with Crippen molar-refractivity contribution in [2.45, 2.75) is 304 Å². The number of ether oxygens (including phenoxy) is 3. The minimum atomic E-state index is 0.738. The van der Waals surface area contributed by atoms with E-state index in [1.807, 2.05) is 0 Å². The summed E-state index contributed by atoms with van der Waals surface area (Å²) in [6.07, 6.45) is 56.0. The molecule has 0 saturated carbocycles. The lowest BCUT2D eigenvalue weighted by molar-refractivity contribution is 0.226. The summed E-state index contributed by atoms with van der Waals surface area (Å²) < 4.78 is 21.7. The van der Waals surface area contributed by atoms with Gasteiger partial charge in [0.05, 0.1) is 40.0 Å². The van der Waals surface area contributed by atoms with Crippen LogP contribution in [-0.4, -0.2) is 40.0 Å². The Morgan fingerprint density at radius 3 is 0.857 bits per heavy atom. The van der Waals surface area contributed by atoms with Crippen molar-refractivity contribution in [1.29, 1.82) is 0 Å². The maximum absolute atomic E-state index is 7.08. The predicted molar refractivity (Wildman–Crippen MR) is 283 cm³/mol. The minimum absolute atomic E-state index is 0.738. The van der Waals surface area contributed by atoms with Gasteiger partial charge in [0.15, 0.2) is 11.4 Å². The van der Waals surface area contributed by atoms with E-state index in [2.05, 4.69) is 53.8 Å². The highest BCUT2D eigenvalue weighted by Crippen LogP contribution is 2.47. The molecule has 0 unspecified atom stereocenters. The van der Waals surface area contributed by atoms with Gasteiger partial charge < -0.3 is 14.2 Å². The van der Waals surface area contributed by atoms with Crippen LogP contribution in [0.25, 0.3) is 0 Å². The van der Waals surface area contributed by atoms with E-state index in [0.717, 1.165) is 73.9 Å². The fraction of sp³-hybridized carbons (Fsp3) is 0.898. The SMILES string of the molecule is CCCCCCCCCCCCOc1ccc([N+](C)(CCCCCCCC)CCCCCCCC)c(OCCCCCCCCCCCC)c1OCCCCCCCCCCCC. The average Bonchev–Trinajstić information content (AvgIpc) is 3.29. The monoisotopic (exact) mass is 885 g/mol. The Labute approximate surface area is 396 Å². The van der Waals surface area contributed by atoms with Gasteiger partial charge in [0.25, 0.3) is 0 Å². The maximum atomic E-state index is 7.08. The summed E-state index contributed by atoms with van der Waals surface area (Å²) in [6, 6.07) is 4.66. The standard InChI is InChI=1S/C59H114NO3/c1-7-12-17-22-27-30-33-36-41-46-53-61-57-50-49-56(60(6,51-44-39-25-20-15-10-4)52-45-40-26-21-16-11-5)58(62-54-47-42-37-34-31-28-23-18-13-8-2)59(57)63-55-48-43-38-35-32-29-24-19-14-9-3/h49-50H,7-48,51-55H2,1-6H3/q+1. The van der Waals surface area contributed by atoms with E-state index in [4.69, 9.17) is 14.2 Å². The molecular weight excluding hydrogens is 771 g/mol. The molecule has 0 spiro atoms. The first-order valence-electron chi connectivity index (χ1n) is 29.0. The second-order valence-electron chi connectivity index (χ2n) is 20.2. The highest BCUT2D eigenvalue weighted by atomic mass is 16.5. The molecule has 0 fully saturated rings. The summed E-state index contributed by atoms with van der Waals surface area (Å²) in [4.78, 5) is 0. The molecule has 0 aliphatic rings. The molecule has 63 heavy (non-hydrogen) atoms.